The highest BCUT2D eigenvalue weighted by Crippen LogP contribution is 2.50. The minimum atomic E-state index is -0.736. The fourth-order valence-electron chi connectivity index (χ4n) is 4.40. The number of carbonyl (C=O) groups excluding carboxylic acids is 1. The normalized spacial score (nSPS) is 24.0. The van der Waals surface area contributed by atoms with Crippen LogP contribution in [0.25, 0.3) is 0 Å². The number of likely N-dealkylation sites (tertiary alicyclic amines) is 1. The third kappa shape index (κ3) is 4.29. The smallest absolute Gasteiger partial charge is 0.490 e. The van der Waals surface area contributed by atoms with Crippen LogP contribution in [-0.4, -0.2) is 54.1 Å². The lowest BCUT2D eigenvalue weighted by Crippen LogP contribution is -2.66. The second kappa shape index (κ2) is 7.10. The molecule has 3 aliphatic rings. The SMILES string of the molecule is CC(C)(C)OC(=O)N1CC2(CC(Oc3ccc(B4OC(C)(C)C(C)(C)O4)c(F)c3)C2)C1. The molecular formula is C23H33BFNO5. The number of carbonyl (C=O) groups is 1. The van der Waals surface area contributed by atoms with Crippen LogP contribution in [0.15, 0.2) is 18.2 Å². The van der Waals surface area contributed by atoms with Crippen LogP contribution in [0, 0.1) is 11.2 Å². The number of amides is 1. The van der Waals surface area contributed by atoms with Gasteiger partial charge in [-0.05, 0) is 67.4 Å². The highest BCUT2D eigenvalue weighted by Gasteiger charge is 2.56. The topological polar surface area (TPSA) is 57.2 Å². The molecule has 170 valence electrons. The predicted molar refractivity (Wildman–Crippen MR) is 116 cm³/mol. The van der Waals surface area contributed by atoms with Gasteiger partial charge in [0.2, 0.25) is 0 Å². The van der Waals surface area contributed by atoms with E-state index in [2.05, 4.69) is 0 Å². The molecule has 3 fully saturated rings. The summed E-state index contributed by atoms with van der Waals surface area (Å²) in [6, 6.07) is 4.84. The number of ether oxygens (including phenoxy) is 2. The maximum absolute atomic E-state index is 14.8. The summed E-state index contributed by atoms with van der Waals surface area (Å²) >= 11 is 0. The summed E-state index contributed by atoms with van der Waals surface area (Å²) < 4.78 is 38.1. The Morgan fingerprint density at radius 1 is 1.13 bits per heavy atom. The average molecular weight is 433 g/mol. The highest BCUT2D eigenvalue weighted by atomic mass is 19.1. The first kappa shape index (κ1) is 22.4. The Bertz CT molecular complexity index is 851. The van der Waals surface area contributed by atoms with Gasteiger partial charge in [-0.15, -0.1) is 0 Å². The van der Waals surface area contributed by atoms with Crippen molar-refractivity contribution < 1.29 is 28.0 Å². The molecule has 1 spiro atoms. The molecule has 1 aliphatic carbocycles. The van der Waals surface area contributed by atoms with E-state index in [4.69, 9.17) is 18.8 Å². The predicted octanol–water partition coefficient (Wildman–Crippen LogP) is 3.90. The molecule has 4 rings (SSSR count). The van der Waals surface area contributed by atoms with Gasteiger partial charge in [-0.25, -0.2) is 9.18 Å². The molecule has 1 aromatic carbocycles. The molecule has 0 bridgehead atoms. The van der Waals surface area contributed by atoms with Crippen LogP contribution in [0.1, 0.15) is 61.3 Å². The number of hydrogen-bond acceptors (Lipinski definition) is 5. The Kier molecular flexibility index (Phi) is 5.13. The van der Waals surface area contributed by atoms with Gasteiger partial charge in [0, 0.05) is 30.0 Å². The maximum atomic E-state index is 14.8. The third-order valence-corrected chi connectivity index (χ3v) is 6.81. The van der Waals surface area contributed by atoms with E-state index >= 15 is 0 Å². The zero-order valence-electron chi connectivity index (χ0n) is 19.6. The lowest BCUT2D eigenvalue weighted by Gasteiger charge is -2.58. The first-order chi connectivity index (χ1) is 14.2. The summed E-state index contributed by atoms with van der Waals surface area (Å²) in [5, 5.41) is 0. The molecule has 8 heteroatoms. The number of nitrogens with zero attached hydrogens (tertiary/aromatic N) is 1. The van der Waals surface area contributed by atoms with E-state index in [9.17, 15) is 9.18 Å². The van der Waals surface area contributed by atoms with Gasteiger partial charge in [0.25, 0.3) is 0 Å². The second-order valence-corrected chi connectivity index (χ2v) is 11.3. The molecule has 0 atom stereocenters. The molecule has 6 nitrogen and oxygen atoms in total. The molecule has 0 N–H and O–H groups in total. The van der Waals surface area contributed by atoms with Gasteiger partial charge in [-0.2, -0.15) is 0 Å². The molecule has 0 unspecified atom stereocenters. The monoisotopic (exact) mass is 433 g/mol. The Morgan fingerprint density at radius 2 is 1.71 bits per heavy atom. The van der Waals surface area contributed by atoms with Gasteiger partial charge in [0.05, 0.1) is 11.2 Å². The maximum Gasteiger partial charge on any atom is 0.497 e. The number of benzene rings is 1. The number of halogens is 1. The van der Waals surface area contributed by atoms with Crippen molar-refractivity contribution in [3.05, 3.63) is 24.0 Å². The van der Waals surface area contributed by atoms with Crippen LogP contribution in [0.4, 0.5) is 9.18 Å². The van der Waals surface area contributed by atoms with Gasteiger partial charge in [0.15, 0.2) is 0 Å². The van der Waals surface area contributed by atoms with Crippen molar-refractivity contribution in [2.24, 2.45) is 5.41 Å². The number of hydrogen-bond donors (Lipinski definition) is 0. The molecule has 0 aromatic heterocycles. The fourth-order valence-corrected chi connectivity index (χ4v) is 4.40. The molecule has 1 saturated carbocycles. The molecule has 2 saturated heterocycles. The Hall–Kier alpha value is -1.80. The minimum Gasteiger partial charge on any atom is -0.490 e. The highest BCUT2D eigenvalue weighted by molar-refractivity contribution is 6.62. The van der Waals surface area contributed by atoms with Crippen molar-refractivity contribution in [2.75, 3.05) is 13.1 Å². The van der Waals surface area contributed by atoms with Crippen LogP contribution in [-0.2, 0) is 14.0 Å². The average Bonchev–Trinajstić information content (AvgIpc) is 2.74. The van der Waals surface area contributed by atoms with Crippen LogP contribution in [0.2, 0.25) is 0 Å². The lowest BCUT2D eigenvalue weighted by atomic mass is 9.62. The zero-order chi connectivity index (χ0) is 22.8. The van der Waals surface area contributed by atoms with E-state index in [0.29, 0.717) is 24.3 Å². The summed E-state index contributed by atoms with van der Waals surface area (Å²) in [7, 11) is -0.736. The van der Waals surface area contributed by atoms with E-state index in [0.717, 1.165) is 12.8 Å². The molecule has 2 aliphatic heterocycles. The molecule has 31 heavy (non-hydrogen) atoms. The lowest BCUT2D eigenvalue weighted by molar-refractivity contribution is -0.116. The minimum absolute atomic E-state index is 0.0304. The van der Waals surface area contributed by atoms with Crippen LogP contribution in [0.5, 0.6) is 5.75 Å². The van der Waals surface area contributed by atoms with Crippen molar-refractivity contribution in [1.29, 1.82) is 0 Å². The zero-order valence-corrected chi connectivity index (χ0v) is 19.6. The Morgan fingerprint density at radius 3 is 2.23 bits per heavy atom. The van der Waals surface area contributed by atoms with Crippen molar-refractivity contribution in [2.45, 2.75) is 84.2 Å². The summed E-state index contributed by atoms with van der Waals surface area (Å²) in [4.78, 5) is 13.8. The molecule has 1 aromatic rings. The largest absolute Gasteiger partial charge is 0.497 e. The summed E-state index contributed by atoms with van der Waals surface area (Å²) in [5.41, 5.74) is -1.03. The first-order valence-electron chi connectivity index (χ1n) is 11.0. The third-order valence-electron chi connectivity index (χ3n) is 6.81. The fraction of sp³-hybridized carbons (Fsp3) is 0.696. The van der Waals surface area contributed by atoms with Gasteiger partial charge in [0.1, 0.15) is 23.3 Å². The van der Waals surface area contributed by atoms with E-state index in [1.165, 1.54) is 6.07 Å². The standard InChI is InChI=1S/C23H33BFNO5/c1-20(2,3)29-19(27)26-13-23(14-26)11-16(12-23)28-15-8-9-17(18(25)10-15)24-30-21(4,5)22(6,7)31-24/h8-10,16H,11-14H2,1-7H3. The van der Waals surface area contributed by atoms with Crippen molar-refractivity contribution in [3.63, 3.8) is 0 Å². The summed E-state index contributed by atoms with van der Waals surface area (Å²) in [6.07, 6.45) is 1.48. The van der Waals surface area contributed by atoms with Gasteiger partial charge >= 0.3 is 13.2 Å². The number of rotatable bonds is 3. The van der Waals surface area contributed by atoms with Crippen molar-refractivity contribution >= 4 is 18.7 Å². The van der Waals surface area contributed by atoms with Crippen LogP contribution >= 0.6 is 0 Å². The second-order valence-electron chi connectivity index (χ2n) is 11.3. The molecule has 1 amide bonds. The van der Waals surface area contributed by atoms with E-state index in [1.807, 2.05) is 48.5 Å². The van der Waals surface area contributed by atoms with E-state index < -0.39 is 29.7 Å². The molecule has 0 radical (unpaired) electrons. The molecular weight excluding hydrogens is 400 g/mol. The van der Waals surface area contributed by atoms with Gasteiger partial charge < -0.3 is 23.7 Å². The first-order valence-corrected chi connectivity index (χ1v) is 11.0. The van der Waals surface area contributed by atoms with Gasteiger partial charge in [-0.1, -0.05) is 6.07 Å². The van der Waals surface area contributed by atoms with Crippen LogP contribution in [0.3, 0.4) is 0 Å². The van der Waals surface area contributed by atoms with Crippen LogP contribution < -0.4 is 10.2 Å². The summed E-state index contributed by atoms with van der Waals surface area (Å²) in [5.74, 6) is 0.103. The van der Waals surface area contributed by atoms with E-state index in [-0.39, 0.29) is 17.6 Å². The van der Waals surface area contributed by atoms with E-state index in [1.54, 1.807) is 17.0 Å². The quantitative estimate of drug-likeness (QED) is 0.677. The summed E-state index contributed by atoms with van der Waals surface area (Å²) in [6.45, 7) is 14.8. The van der Waals surface area contributed by atoms with Gasteiger partial charge in [-0.3, -0.25) is 0 Å². The van der Waals surface area contributed by atoms with Crippen molar-refractivity contribution in [1.82, 2.24) is 4.90 Å². The van der Waals surface area contributed by atoms with Crippen molar-refractivity contribution in [3.8, 4) is 5.75 Å². The Balaban J connectivity index is 1.29. The Labute approximate surface area is 184 Å². The molecule has 2 heterocycles.